The third-order valence-corrected chi connectivity index (χ3v) is 4.51. The van der Waals surface area contributed by atoms with Gasteiger partial charge in [-0.15, -0.1) is 11.3 Å². The summed E-state index contributed by atoms with van der Waals surface area (Å²) in [6.45, 7) is 6.17. The van der Waals surface area contributed by atoms with Crippen LogP contribution in [0.15, 0.2) is 30.3 Å². The Kier molecular flexibility index (Phi) is 4.59. The van der Waals surface area contributed by atoms with Gasteiger partial charge in [0.15, 0.2) is 5.00 Å². The maximum atomic E-state index is 11.3. The van der Waals surface area contributed by atoms with Crippen molar-refractivity contribution in [3.05, 3.63) is 50.9 Å². The van der Waals surface area contributed by atoms with Crippen molar-refractivity contribution in [2.24, 2.45) is 0 Å². The molecule has 5 nitrogen and oxygen atoms in total. The molecule has 2 rings (SSSR count). The minimum absolute atomic E-state index is 0.0410. The molecular weight excluding hydrogens is 288 g/mol. The second-order valence-corrected chi connectivity index (χ2v) is 5.92. The van der Waals surface area contributed by atoms with Gasteiger partial charge in [-0.2, -0.15) is 0 Å². The lowest BCUT2D eigenvalue weighted by molar-refractivity contribution is -0.383. The SMILES string of the molecule is CCN(c1cccc(C)c1)c1sc([C@H](C)O)cc1[N+](=O)[O-]. The highest BCUT2D eigenvalue weighted by molar-refractivity contribution is 7.16. The maximum absolute atomic E-state index is 11.3. The summed E-state index contributed by atoms with van der Waals surface area (Å²) >= 11 is 1.26. The normalized spacial score (nSPS) is 12.2. The fourth-order valence-electron chi connectivity index (χ4n) is 2.16. The smallest absolute Gasteiger partial charge is 0.304 e. The van der Waals surface area contributed by atoms with Gasteiger partial charge in [-0.1, -0.05) is 12.1 Å². The molecule has 1 heterocycles. The van der Waals surface area contributed by atoms with E-state index in [0.717, 1.165) is 11.3 Å². The van der Waals surface area contributed by atoms with E-state index in [1.807, 2.05) is 43.0 Å². The first-order valence-electron chi connectivity index (χ1n) is 6.74. The molecule has 0 saturated heterocycles. The van der Waals surface area contributed by atoms with Gasteiger partial charge in [0.05, 0.1) is 11.0 Å². The first-order valence-corrected chi connectivity index (χ1v) is 7.56. The van der Waals surface area contributed by atoms with E-state index >= 15 is 0 Å². The molecule has 0 amide bonds. The summed E-state index contributed by atoms with van der Waals surface area (Å²) < 4.78 is 0. The number of benzene rings is 1. The number of hydrogen-bond acceptors (Lipinski definition) is 5. The molecule has 0 aliphatic rings. The van der Waals surface area contributed by atoms with E-state index in [1.165, 1.54) is 17.4 Å². The predicted octanol–water partition coefficient (Wildman–Crippen LogP) is 4.18. The molecule has 1 aromatic heterocycles. The number of aliphatic hydroxyl groups is 1. The van der Waals surface area contributed by atoms with Gasteiger partial charge in [0.2, 0.25) is 0 Å². The number of rotatable bonds is 5. The van der Waals surface area contributed by atoms with E-state index in [-0.39, 0.29) is 5.69 Å². The van der Waals surface area contributed by atoms with Crippen LogP contribution >= 0.6 is 11.3 Å². The van der Waals surface area contributed by atoms with Crippen molar-refractivity contribution in [1.29, 1.82) is 0 Å². The van der Waals surface area contributed by atoms with E-state index in [4.69, 9.17) is 0 Å². The van der Waals surface area contributed by atoms with Crippen LogP contribution in [-0.4, -0.2) is 16.6 Å². The quantitative estimate of drug-likeness (QED) is 0.665. The molecule has 6 heteroatoms. The Morgan fingerprint density at radius 2 is 2.14 bits per heavy atom. The fraction of sp³-hybridized carbons (Fsp3) is 0.333. The summed E-state index contributed by atoms with van der Waals surface area (Å²) in [5, 5.41) is 21.5. The van der Waals surface area contributed by atoms with Gasteiger partial charge >= 0.3 is 5.69 Å². The Balaban J connectivity index is 2.53. The van der Waals surface area contributed by atoms with Gasteiger partial charge in [0.25, 0.3) is 0 Å². The number of nitro groups is 1. The van der Waals surface area contributed by atoms with Crippen LogP contribution in [0.4, 0.5) is 16.4 Å². The van der Waals surface area contributed by atoms with Crippen LogP contribution in [0.3, 0.4) is 0 Å². The minimum atomic E-state index is -0.710. The molecule has 112 valence electrons. The van der Waals surface area contributed by atoms with Crippen LogP contribution in [0, 0.1) is 17.0 Å². The molecule has 0 fully saturated rings. The van der Waals surface area contributed by atoms with Crippen LogP contribution < -0.4 is 4.90 Å². The molecule has 1 aromatic carbocycles. The van der Waals surface area contributed by atoms with E-state index in [1.54, 1.807) is 6.92 Å². The lowest BCUT2D eigenvalue weighted by Crippen LogP contribution is -2.15. The zero-order valence-electron chi connectivity index (χ0n) is 12.2. The van der Waals surface area contributed by atoms with Crippen LogP contribution in [0.5, 0.6) is 0 Å². The Morgan fingerprint density at radius 3 is 2.67 bits per heavy atom. The molecule has 0 aliphatic heterocycles. The molecule has 0 unspecified atom stereocenters. The molecule has 2 aromatic rings. The largest absolute Gasteiger partial charge is 0.388 e. The van der Waals surface area contributed by atoms with Crippen LogP contribution in [0.2, 0.25) is 0 Å². The average Bonchev–Trinajstić information content (AvgIpc) is 2.85. The van der Waals surface area contributed by atoms with Gasteiger partial charge < -0.3 is 10.0 Å². The van der Waals surface area contributed by atoms with Gasteiger partial charge in [-0.3, -0.25) is 10.1 Å². The third-order valence-electron chi connectivity index (χ3n) is 3.20. The van der Waals surface area contributed by atoms with Gasteiger partial charge in [-0.05, 0) is 38.5 Å². The number of thiophene rings is 1. The number of nitrogens with zero attached hydrogens (tertiary/aromatic N) is 2. The van der Waals surface area contributed by atoms with Gasteiger partial charge in [0.1, 0.15) is 0 Å². The molecular formula is C15H18N2O3S. The van der Waals surface area contributed by atoms with E-state index in [0.29, 0.717) is 16.4 Å². The number of hydrogen-bond donors (Lipinski definition) is 1. The Morgan fingerprint density at radius 1 is 1.43 bits per heavy atom. The topological polar surface area (TPSA) is 66.6 Å². The summed E-state index contributed by atoms with van der Waals surface area (Å²) in [6, 6.07) is 9.31. The van der Waals surface area contributed by atoms with Gasteiger partial charge in [0, 0.05) is 23.2 Å². The fourth-order valence-corrected chi connectivity index (χ4v) is 3.31. The van der Waals surface area contributed by atoms with E-state index < -0.39 is 11.0 Å². The molecule has 1 atom stereocenters. The van der Waals surface area contributed by atoms with Crippen molar-refractivity contribution in [2.45, 2.75) is 26.9 Å². The van der Waals surface area contributed by atoms with Crippen molar-refractivity contribution < 1.29 is 10.0 Å². The lowest BCUT2D eigenvalue weighted by atomic mass is 10.2. The minimum Gasteiger partial charge on any atom is -0.388 e. The Labute approximate surface area is 127 Å². The summed E-state index contributed by atoms with van der Waals surface area (Å²) in [5.41, 5.74) is 2.06. The molecule has 0 radical (unpaired) electrons. The van der Waals surface area contributed by atoms with Gasteiger partial charge in [-0.25, -0.2) is 0 Å². The summed E-state index contributed by atoms with van der Waals surface area (Å²) in [5.74, 6) is 0. The maximum Gasteiger partial charge on any atom is 0.304 e. The molecule has 0 aliphatic carbocycles. The summed E-state index contributed by atoms with van der Waals surface area (Å²) in [7, 11) is 0. The Hall–Kier alpha value is -1.92. The molecule has 1 N–H and O–H groups in total. The summed E-state index contributed by atoms with van der Waals surface area (Å²) in [6.07, 6.45) is -0.710. The van der Waals surface area contributed by atoms with Crippen molar-refractivity contribution in [3.8, 4) is 0 Å². The third kappa shape index (κ3) is 3.22. The van der Waals surface area contributed by atoms with Crippen molar-refractivity contribution in [1.82, 2.24) is 0 Å². The predicted molar refractivity (Wildman–Crippen MR) is 85.5 cm³/mol. The molecule has 21 heavy (non-hydrogen) atoms. The zero-order valence-corrected chi connectivity index (χ0v) is 13.1. The van der Waals surface area contributed by atoms with Crippen molar-refractivity contribution in [3.63, 3.8) is 0 Å². The number of aryl methyl sites for hydroxylation is 1. The first kappa shape index (κ1) is 15.5. The molecule has 0 bridgehead atoms. The first-order chi connectivity index (χ1) is 9.93. The van der Waals surface area contributed by atoms with Crippen LogP contribution in [0.25, 0.3) is 0 Å². The number of aliphatic hydroxyl groups excluding tert-OH is 1. The highest BCUT2D eigenvalue weighted by Gasteiger charge is 2.25. The standard InChI is InChI=1S/C15H18N2O3S/c1-4-16(12-7-5-6-10(2)8-12)15-13(17(19)20)9-14(21-15)11(3)18/h5-9,11,18H,4H2,1-3H3/t11-/m0/s1. The van der Waals surface area contributed by atoms with Crippen molar-refractivity contribution >= 4 is 27.7 Å². The highest BCUT2D eigenvalue weighted by Crippen LogP contribution is 2.43. The monoisotopic (exact) mass is 306 g/mol. The number of anilines is 2. The highest BCUT2D eigenvalue weighted by atomic mass is 32.1. The molecule has 0 saturated carbocycles. The molecule has 0 spiro atoms. The van der Waals surface area contributed by atoms with E-state index in [9.17, 15) is 15.2 Å². The average molecular weight is 306 g/mol. The summed E-state index contributed by atoms with van der Waals surface area (Å²) in [4.78, 5) is 13.4. The lowest BCUT2D eigenvalue weighted by Gasteiger charge is -2.21. The Bertz CT molecular complexity index is 652. The van der Waals surface area contributed by atoms with Crippen LogP contribution in [0.1, 0.15) is 30.4 Å². The van der Waals surface area contributed by atoms with E-state index in [2.05, 4.69) is 0 Å². The second kappa shape index (κ2) is 6.24. The van der Waals surface area contributed by atoms with Crippen LogP contribution in [-0.2, 0) is 0 Å². The second-order valence-electron chi connectivity index (χ2n) is 4.86. The van der Waals surface area contributed by atoms with Crippen molar-refractivity contribution in [2.75, 3.05) is 11.4 Å². The zero-order chi connectivity index (χ0) is 15.6.